The van der Waals surface area contributed by atoms with Crippen LogP contribution >= 0.6 is 135 Å². The Morgan fingerprint density at radius 3 is 0.981 bits per heavy atom. The van der Waals surface area contributed by atoms with Crippen LogP contribution in [-0.4, -0.2) is 27.6 Å². The molecular formula is C90H147BBr2N5S9. The van der Waals surface area contributed by atoms with Crippen LogP contribution in [0.4, 0.5) is 0 Å². The maximum atomic E-state index is 5.20. The van der Waals surface area contributed by atoms with Crippen molar-refractivity contribution in [3.63, 3.8) is 0 Å². The SMILES string of the molecule is C.C.C=CCCCCCC.C=CCCCCCC.CCCCCCCCc1cc(Br)sc1-c1nc2sc(-c3sc(Br)cc3CC(CCCCCC)CCCCCCCC)nc2s1.CCCCCCCCc1ccsc1-c1nc2sc(-c3sccc3CC(CCCCCC)CCCCCCCC)nc2s1.[B]=NS. The van der Waals surface area contributed by atoms with Gasteiger partial charge in [0, 0.05) is 0 Å². The summed E-state index contributed by atoms with van der Waals surface area (Å²) in [5.41, 5.74) is 5.93. The van der Waals surface area contributed by atoms with Crippen molar-refractivity contribution in [1.29, 1.82) is 0 Å². The monoisotopic (exact) mass is 1750 g/mol. The molecule has 0 saturated heterocycles. The van der Waals surface area contributed by atoms with Crippen LogP contribution < -0.4 is 0 Å². The van der Waals surface area contributed by atoms with Gasteiger partial charge in [0.2, 0.25) is 0 Å². The van der Waals surface area contributed by atoms with E-state index in [4.69, 9.17) is 19.9 Å². The molecule has 0 aliphatic rings. The fraction of sp³-hybridized carbons (Fsp3) is 0.689. The van der Waals surface area contributed by atoms with E-state index in [1.807, 2.05) is 57.5 Å². The van der Waals surface area contributed by atoms with Crippen LogP contribution in [0.1, 0.15) is 388 Å². The van der Waals surface area contributed by atoms with Gasteiger partial charge in [0.05, 0.1) is 27.1 Å². The molecule has 8 heterocycles. The third-order valence-electron chi connectivity index (χ3n) is 19.8. The molecule has 8 rings (SSSR count). The summed E-state index contributed by atoms with van der Waals surface area (Å²) in [6.45, 7) is 25.6. The molecule has 0 fully saturated rings. The quantitative estimate of drug-likeness (QED) is 0.0179. The van der Waals surface area contributed by atoms with Crippen molar-refractivity contribution in [1.82, 2.24) is 19.9 Å². The topological polar surface area (TPSA) is 63.9 Å². The second kappa shape index (κ2) is 66.7. The Labute approximate surface area is 712 Å². The van der Waals surface area contributed by atoms with Crippen LogP contribution in [0.15, 0.2) is 72.2 Å². The van der Waals surface area contributed by atoms with Crippen molar-refractivity contribution in [2.75, 3.05) is 0 Å². The van der Waals surface area contributed by atoms with E-state index in [1.54, 1.807) is 45.3 Å². The zero-order valence-corrected chi connectivity index (χ0v) is 77.4. The van der Waals surface area contributed by atoms with Gasteiger partial charge in [-0.25, -0.2) is 19.9 Å². The van der Waals surface area contributed by atoms with Crippen LogP contribution in [0.3, 0.4) is 0 Å². The molecule has 17 heteroatoms. The fourth-order valence-corrected chi connectivity index (χ4v) is 23.5. The summed E-state index contributed by atoms with van der Waals surface area (Å²) in [6.07, 6.45) is 71.0. The molecule has 603 valence electrons. The summed E-state index contributed by atoms with van der Waals surface area (Å²) in [5.74, 6) is 1.57. The van der Waals surface area contributed by atoms with Crippen molar-refractivity contribution in [2.45, 2.75) is 391 Å². The third kappa shape index (κ3) is 42.6. The van der Waals surface area contributed by atoms with Crippen LogP contribution in [0, 0.1) is 11.8 Å². The first-order valence-corrected chi connectivity index (χ1v) is 50.7. The number of thiophene rings is 4. The van der Waals surface area contributed by atoms with E-state index < -0.39 is 0 Å². The van der Waals surface area contributed by atoms with Crippen molar-refractivity contribution in [3.05, 3.63) is 90.2 Å². The number of nitrogens with zero attached hydrogens (tertiary/aromatic N) is 5. The Hall–Kier alpha value is -1.51. The number of hydrogen-bond donors (Lipinski definition) is 1. The molecule has 2 unspecified atom stereocenters. The van der Waals surface area contributed by atoms with Gasteiger partial charge in [-0.05, 0) is 165 Å². The van der Waals surface area contributed by atoms with E-state index >= 15 is 0 Å². The van der Waals surface area contributed by atoms with E-state index in [-0.39, 0.29) is 14.9 Å². The summed E-state index contributed by atoms with van der Waals surface area (Å²) in [6, 6.07) is 9.41. The molecule has 0 bridgehead atoms. The van der Waals surface area contributed by atoms with Gasteiger partial charge in [-0.15, -0.1) is 58.5 Å². The average molecular weight is 1760 g/mol. The number of aryl methyl sites for hydroxylation is 2. The second-order valence-electron chi connectivity index (χ2n) is 29.0. The van der Waals surface area contributed by atoms with Gasteiger partial charge in [-0.1, -0.05) is 385 Å². The van der Waals surface area contributed by atoms with E-state index in [0.29, 0.717) is 0 Å². The molecule has 2 atom stereocenters. The number of halogens is 2. The third-order valence-corrected chi connectivity index (χ3v) is 29.7. The Kier molecular flexibility index (Phi) is 63.4. The number of allylic oxidation sites excluding steroid dienone is 2. The van der Waals surface area contributed by atoms with Crippen molar-refractivity contribution < 1.29 is 0 Å². The van der Waals surface area contributed by atoms with Gasteiger partial charge < -0.3 is 0 Å². The maximum absolute atomic E-state index is 5.20. The van der Waals surface area contributed by atoms with Gasteiger partial charge in [-0.2, -0.15) is 0 Å². The standard InChI is InChI=1S/C36H52Br2N2S4.C36H54N2S4.2C8H16.2CH4.BHNS/c1-4-7-10-13-15-18-21-26(20-17-12-9-6-3)23-28-25-30(38)42-32(28)34-40-36-35(44-34)39-33(43-36)31-27(24-29(37)41-31)22-19-16-14-11-8-5-2;1-4-7-10-13-15-18-21-28(20-17-12-9-6-3)27-30-24-26-40-32(30)34-38-36-35(42-34)37-33(41-36)31-29(23-25-39-31)22-19-16-14-11-8-5-2;2*1-3-5-7-8-6-4-2;;;1-2-3/h24-26H,4-23H2,1-3H3;23-26,28H,4-22,27H2,1-3H3;2*3H,1,4-8H2,2H3;2*1H4;3H. The molecule has 0 saturated carbocycles. The molecule has 8 aromatic heterocycles. The Bertz CT molecular complexity index is 3320. The summed E-state index contributed by atoms with van der Waals surface area (Å²) in [7, 11) is 4.34. The number of thiol groups is 1. The summed E-state index contributed by atoms with van der Waals surface area (Å²) < 4.78 is 5.13. The number of fused-ring (bicyclic) bond motifs is 2. The molecule has 0 amide bonds. The molecule has 107 heavy (non-hydrogen) atoms. The first kappa shape index (κ1) is 102. The number of rotatable bonds is 56. The van der Waals surface area contributed by atoms with E-state index in [0.717, 1.165) is 47.6 Å². The molecule has 5 nitrogen and oxygen atoms in total. The number of hydrogen-bond acceptors (Lipinski definition) is 14. The van der Waals surface area contributed by atoms with Crippen LogP contribution in [0.2, 0.25) is 0 Å². The predicted octanol–water partition coefficient (Wildman–Crippen LogP) is 37.3. The normalized spacial score (nSPS) is 11.6. The molecule has 0 spiro atoms. The zero-order valence-electron chi connectivity index (χ0n) is 66.8. The Morgan fingerprint density at radius 1 is 0.364 bits per heavy atom. The van der Waals surface area contributed by atoms with Crippen molar-refractivity contribution in [2.24, 2.45) is 16.1 Å². The minimum atomic E-state index is 0. The molecule has 8 aromatic rings. The van der Waals surface area contributed by atoms with Crippen molar-refractivity contribution >= 4 is 162 Å². The second-order valence-corrected chi connectivity index (χ2v) is 39.9. The van der Waals surface area contributed by atoms with E-state index in [2.05, 4.69) is 160 Å². The van der Waals surface area contributed by atoms with E-state index in [1.165, 1.54) is 374 Å². The predicted molar refractivity (Wildman–Crippen MR) is 510 cm³/mol. The number of unbranched alkanes of at least 4 members (excludes halogenated alkanes) is 34. The minimum absolute atomic E-state index is 0. The van der Waals surface area contributed by atoms with Gasteiger partial charge >= 0.3 is 24.8 Å². The molecular weight excluding hydrogens is 1610 g/mol. The zero-order chi connectivity index (χ0) is 75.8. The summed E-state index contributed by atoms with van der Waals surface area (Å²) in [5, 5.41) is 9.18. The molecule has 0 N–H and O–H groups in total. The average Bonchev–Trinajstić information content (AvgIpc) is 1.63. The number of aromatic nitrogens is 4. The summed E-state index contributed by atoms with van der Waals surface area (Å²) >= 11 is 25.4. The van der Waals surface area contributed by atoms with Crippen LogP contribution in [0.5, 0.6) is 0 Å². The van der Waals surface area contributed by atoms with Gasteiger partial charge in [-0.3, -0.25) is 0 Å². The summed E-state index contributed by atoms with van der Waals surface area (Å²) in [4.78, 5) is 30.5. The Morgan fingerprint density at radius 2 is 0.626 bits per heavy atom. The molecule has 0 aromatic carbocycles. The van der Waals surface area contributed by atoms with E-state index in [9.17, 15) is 0 Å². The first-order valence-electron chi connectivity index (χ1n) is 42.0. The van der Waals surface area contributed by atoms with Crippen LogP contribution in [-0.2, 0) is 25.7 Å². The van der Waals surface area contributed by atoms with Gasteiger partial charge in [0.25, 0.3) is 0 Å². The Balaban J connectivity index is 0.000000576. The molecule has 0 aliphatic heterocycles. The fourth-order valence-electron chi connectivity index (χ4n) is 13.7. The molecule has 0 aliphatic carbocycles. The van der Waals surface area contributed by atoms with Crippen LogP contribution in [0.25, 0.3) is 58.9 Å². The van der Waals surface area contributed by atoms with Crippen molar-refractivity contribution in [3.8, 4) is 39.5 Å². The first-order chi connectivity index (χ1) is 51.5. The van der Waals surface area contributed by atoms with Gasteiger partial charge in [0.1, 0.15) is 20.0 Å². The number of thiazole rings is 4. The molecule has 1 radical (unpaired) electrons. The van der Waals surface area contributed by atoms with Gasteiger partial charge in [0.15, 0.2) is 19.3 Å².